The highest BCUT2D eigenvalue weighted by molar-refractivity contribution is 7.85. The lowest BCUT2D eigenvalue weighted by atomic mass is 9.86. The van der Waals surface area contributed by atoms with Gasteiger partial charge in [0.05, 0.1) is 16.4 Å². The average molecular weight is 488 g/mol. The molecule has 174 valence electrons. The van der Waals surface area contributed by atoms with Crippen LogP contribution in [0.1, 0.15) is 24.1 Å². The van der Waals surface area contributed by atoms with Gasteiger partial charge >= 0.3 is 0 Å². The zero-order valence-electron chi connectivity index (χ0n) is 18.5. The average Bonchev–Trinajstić information content (AvgIpc) is 3.43. The minimum Gasteiger partial charge on any atom is -0.316 e. The zero-order valence-corrected chi connectivity index (χ0v) is 20.0. The van der Waals surface area contributed by atoms with E-state index in [1.54, 1.807) is 12.1 Å². The number of aldehydes is 1. The molecule has 0 amide bonds. The Balaban J connectivity index is 0.000000275. The first-order valence-corrected chi connectivity index (χ1v) is 13.0. The van der Waals surface area contributed by atoms with Crippen molar-refractivity contribution >= 4 is 28.7 Å². The molecule has 2 heterocycles. The Kier molecular flexibility index (Phi) is 7.73. The Morgan fingerprint density at radius 3 is 2.55 bits per heavy atom. The molecule has 0 spiro atoms. The highest BCUT2D eigenvalue weighted by atomic mass is 35.5. The van der Waals surface area contributed by atoms with E-state index in [0.717, 1.165) is 65.3 Å². The fourth-order valence-corrected chi connectivity index (χ4v) is 6.03. The van der Waals surface area contributed by atoms with Crippen LogP contribution in [0.2, 0.25) is 5.02 Å². The van der Waals surface area contributed by atoms with Gasteiger partial charge in [0, 0.05) is 51.1 Å². The van der Waals surface area contributed by atoms with Crippen molar-refractivity contribution in [2.24, 2.45) is 5.92 Å². The summed E-state index contributed by atoms with van der Waals surface area (Å²) in [6.45, 7) is 0. The van der Waals surface area contributed by atoms with Gasteiger partial charge in [-0.2, -0.15) is 5.10 Å². The van der Waals surface area contributed by atoms with Crippen LogP contribution in [-0.4, -0.2) is 44.9 Å². The third kappa shape index (κ3) is 5.42. The van der Waals surface area contributed by atoms with Crippen LogP contribution in [0.4, 0.5) is 4.39 Å². The van der Waals surface area contributed by atoms with E-state index in [1.807, 2.05) is 36.0 Å². The summed E-state index contributed by atoms with van der Waals surface area (Å²) in [4.78, 5) is 11.3. The van der Waals surface area contributed by atoms with Crippen molar-refractivity contribution in [3.63, 3.8) is 0 Å². The van der Waals surface area contributed by atoms with Crippen molar-refractivity contribution in [1.29, 1.82) is 0 Å². The summed E-state index contributed by atoms with van der Waals surface area (Å²) >= 11 is 6.38. The van der Waals surface area contributed by atoms with Gasteiger partial charge in [0.25, 0.3) is 0 Å². The number of rotatable bonds is 4. The van der Waals surface area contributed by atoms with E-state index in [4.69, 9.17) is 16.7 Å². The number of nitrogens with zero attached hydrogens (tertiary/aromatic N) is 2. The number of hydrogen-bond donors (Lipinski definition) is 1. The van der Waals surface area contributed by atoms with Crippen molar-refractivity contribution in [3.8, 4) is 16.9 Å². The minimum absolute atomic E-state index is 0.0116. The van der Waals surface area contributed by atoms with E-state index in [-0.39, 0.29) is 11.7 Å². The van der Waals surface area contributed by atoms with E-state index in [2.05, 4.69) is 5.32 Å². The van der Waals surface area contributed by atoms with E-state index in [1.165, 1.54) is 12.1 Å². The second-order valence-electron chi connectivity index (χ2n) is 8.37. The third-order valence-corrected chi connectivity index (χ3v) is 7.99. The maximum absolute atomic E-state index is 13.3. The zero-order chi connectivity index (χ0) is 23.4. The number of nitrogens with one attached hydrogen (secondary N) is 1. The van der Waals surface area contributed by atoms with Crippen LogP contribution in [-0.2, 0) is 28.4 Å². The summed E-state index contributed by atoms with van der Waals surface area (Å²) in [5.41, 5.74) is 4.63. The molecule has 0 radical (unpaired) electrons. The normalized spacial score (nSPS) is 21.7. The van der Waals surface area contributed by atoms with Crippen LogP contribution in [0.25, 0.3) is 16.9 Å². The first kappa shape index (κ1) is 23.8. The molecule has 5 rings (SSSR count). The van der Waals surface area contributed by atoms with Gasteiger partial charge in [0.1, 0.15) is 12.1 Å². The molecular weight excluding hydrogens is 461 g/mol. The molecule has 3 unspecified atom stereocenters. The van der Waals surface area contributed by atoms with Gasteiger partial charge in [-0.1, -0.05) is 29.8 Å². The number of hydrogen-bond acceptors (Lipinski definition) is 4. The largest absolute Gasteiger partial charge is 0.316 e. The lowest BCUT2D eigenvalue weighted by Gasteiger charge is -2.19. The monoisotopic (exact) mass is 487 g/mol. The van der Waals surface area contributed by atoms with Crippen LogP contribution < -0.4 is 5.32 Å². The quantitative estimate of drug-likeness (QED) is 0.555. The number of carbonyl (C=O) groups excluding carboxylic acids is 1. The summed E-state index contributed by atoms with van der Waals surface area (Å²) in [7, 11) is 1.41. The van der Waals surface area contributed by atoms with Gasteiger partial charge in [-0.15, -0.1) is 0 Å². The number of benzene rings is 2. The van der Waals surface area contributed by atoms with Crippen molar-refractivity contribution < 1.29 is 13.4 Å². The number of halogens is 2. The molecule has 5 nitrogen and oxygen atoms in total. The van der Waals surface area contributed by atoms with Crippen molar-refractivity contribution in [1.82, 2.24) is 15.1 Å². The Morgan fingerprint density at radius 1 is 1.18 bits per heavy atom. The van der Waals surface area contributed by atoms with Crippen LogP contribution in [0.3, 0.4) is 0 Å². The van der Waals surface area contributed by atoms with Gasteiger partial charge < -0.3 is 10.1 Å². The molecular formula is C25H27ClFN3O2S. The molecule has 0 bridgehead atoms. The SMILES string of the molecule is CNC1CCS(=O)C1.O=CC1CCc2c(-c3ccccc3Cl)nn(-c3ccc(F)cc3)c2C1. The van der Waals surface area contributed by atoms with Crippen LogP contribution in [0, 0.1) is 11.7 Å². The van der Waals surface area contributed by atoms with Gasteiger partial charge in [0.15, 0.2) is 0 Å². The van der Waals surface area contributed by atoms with Gasteiger partial charge in [-0.05, 0) is 63.1 Å². The number of aromatic nitrogens is 2. The molecule has 2 aliphatic rings. The first-order valence-electron chi connectivity index (χ1n) is 11.1. The Labute approximate surface area is 200 Å². The fraction of sp³-hybridized carbons (Fsp3) is 0.360. The summed E-state index contributed by atoms with van der Waals surface area (Å²) < 4.78 is 25.8. The lowest BCUT2D eigenvalue weighted by molar-refractivity contribution is -0.111. The molecule has 0 saturated carbocycles. The second-order valence-corrected chi connectivity index (χ2v) is 10.4. The lowest BCUT2D eigenvalue weighted by Crippen LogP contribution is -2.24. The van der Waals surface area contributed by atoms with Gasteiger partial charge in [-0.3, -0.25) is 4.21 Å². The summed E-state index contributed by atoms with van der Waals surface area (Å²) in [5.74, 6) is 1.45. The molecule has 1 aliphatic carbocycles. The standard InChI is InChI=1S/C20H16ClFN2O.C5H11NOS/c21-18-4-2-1-3-16(18)20-17-10-5-13(12-25)11-19(17)24(23-20)15-8-6-14(22)7-9-15;1-6-5-2-3-8(7)4-5/h1-4,6-9,12-13H,5,10-11H2;5-6H,2-4H2,1H3. The summed E-state index contributed by atoms with van der Waals surface area (Å²) in [6.07, 6.45) is 4.32. The van der Waals surface area contributed by atoms with E-state index in [9.17, 15) is 13.4 Å². The predicted molar refractivity (Wildman–Crippen MR) is 131 cm³/mol. The minimum atomic E-state index is -0.515. The maximum Gasteiger partial charge on any atom is 0.123 e. The fourth-order valence-electron chi connectivity index (χ4n) is 4.31. The molecule has 1 aromatic heterocycles. The van der Waals surface area contributed by atoms with Crippen molar-refractivity contribution in [3.05, 3.63) is 70.6 Å². The molecule has 3 aromatic rings. The van der Waals surface area contributed by atoms with Gasteiger partial charge in [-0.25, -0.2) is 9.07 Å². The molecule has 1 N–H and O–H groups in total. The van der Waals surface area contributed by atoms with Gasteiger partial charge in [0.2, 0.25) is 0 Å². The Morgan fingerprint density at radius 2 is 1.94 bits per heavy atom. The molecule has 1 fully saturated rings. The number of fused-ring (bicyclic) bond motifs is 1. The molecule has 1 saturated heterocycles. The van der Waals surface area contributed by atoms with Crippen LogP contribution in [0.15, 0.2) is 48.5 Å². The molecule has 8 heteroatoms. The highest BCUT2D eigenvalue weighted by Crippen LogP contribution is 2.37. The van der Waals surface area contributed by atoms with E-state index >= 15 is 0 Å². The molecule has 3 atom stereocenters. The van der Waals surface area contributed by atoms with E-state index < -0.39 is 10.8 Å². The van der Waals surface area contributed by atoms with E-state index in [0.29, 0.717) is 17.5 Å². The Bertz CT molecular complexity index is 1150. The van der Waals surface area contributed by atoms with Crippen LogP contribution in [0.5, 0.6) is 0 Å². The molecule has 1 aliphatic heterocycles. The topological polar surface area (TPSA) is 64.0 Å². The Hall–Kier alpha value is -2.35. The van der Waals surface area contributed by atoms with Crippen molar-refractivity contribution in [2.75, 3.05) is 18.6 Å². The molecule has 2 aromatic carbocycles. The number of carbonyl (C=O) groups is 1. The second kappa shape index (κ2) is 10.7. The third-order valence-electron chi connectivity index (χ3n) is 6.19. The smallest absolute Gasteiger partial charge is 0.123 e. The highest BCUT2D eigenvalue weighted by Gasteiger charge is 2.28. The van der Waals surface area contributed by atoms with Crippen LogP contribution >= 0.6 is 11.6 Å². The summed E-state index contributed by atoms with van der Waals surface area (Å²) in [5, 5.41) is 8.53. The summed E-state index contributed by atoms with van der Waals surface area (Å²) in [6, 6.07) is 14.4. The maximum atomic E-state index is 13.3. The molecule has 33 heavy (non-hydrogen) atoms. The predicted octanol–water partition coefficient (Wildman–Crippen LogP) is 4.36. The first-order chi connectivity index (χ1) is 16.0. The van der Waals surface area contributed by atoms with Crippen molar-refractivity contribution in [2.45, 2.75) is 31.7 Å².